The molecule has 1 heterocycles. The summed E-state index contributed by atoms with van der Waals surface area (Å²) >= 11 is 0. The van der Waals surface area contributed by atoms with E-state index in [9.17, 15) is 9.90 Å². The molecule has 0 saturated heterocycles. The van der Waals surface area contributed by atoms with Crippen LogP contribution in [0.2, 0.25) is 0 Å². The number of ether oxygens (including phenoxy) is 1. The van der Waals surface area contributed by atoms with Crippen molar-refractivity contribution in [3.63, 3.8) is 0 Å². The normalized spacial score (nSPS) is 10.9. The summed E-state index contributed by atoms with van der Waals surface area (Å²) in [5, 5.41) is 10.2. The zero-order valence-corrected chi connectivity index (χ0v) is 13.7. The summed E-state index contributed by atoms with van der Waals surface area (Å²) in [7, 11) is 1.61. The smallest absolute Gasteiger partial charge is 0.307 e. The number of aromatic nitrogens is 1. The van der Waals surface area contributed by atoms with Gasteiger partial charge < -0.3 is 20.1 Å². The van der Waals surface area contributed by atoms with Crippen LogP contribution in [0.1, 0.15) is 16.8 Å². The van der Waals surface area contributed by atoms with Gasteiger partial charge in [0.25, 0.3) is 0 Å². The summed E-state index contributed by atoms with van der Waals surface area (Å²) in [4.78, 5) is 11.3. The highest BCUT2D eigenvalue weighted by atomic mass is 16.5. The second-order valence-corrected chi connectivity index (χ2v) is 5.85. The second kappa shape index (κ2) is 6.28. The van der Waals surface area contributed by atoms with Gasteiger partial charge in [-0.05, 0) is 48.4 Å². The van der Waals surface area contributed by atoms with E-state index in [4.69, 9.17) is 10.5 Å². The Morgan fingerprint density at radius 1 is 1.25 bits per heavy atom. The fraction of sp³-hybridized carbons (Fsp3) is 0.211. The summed E-state index contributed by atoms with van der Waals surface area (Å²) in [5.41, 5.74) is 10.4. The SMILES string of the molecule is COc1ccc2c(c1)c(CC(=O)O)c(C)n2Cc1cccc(N)c1. The molecule has 0 amide bonds. The summed E-state index contributed by atoms with van der Waals surface area (Å²) < 4.78 is 7.42. The maximum atomic E-state index is 11.3. The van der Waals surface area contributed by atoms with Crippen molar-refractivity contribution in [3.8, 4) is 5.75 Å². The Morgan fingerprint density at radius 3 is 2.71 bits per heavy atom. The van der Waals surface area contributed by atoms with Gasteiger partial charge in [0.15, 0.2) is 0 Å². The van der Waals surface area contributed by atoms with Crippen molar-refractivity contribution in [1.29, 1.82) is 0 Å². The van der Waals surface area contributed by atoms with Gasteiger partial charge in [-0.2, -0.15) is 0 Å². The molecular formula is C19H20N2O3. The molecule has 0 unspecified atom stereocenters. The van der Waals surface area contributed by atoms with Crippen molar-refractivity contribution in [2.24, 2.45) is 0 Å². The Bertz CT molecular complexity index is 912. The van der Waals surface area contributed by atoms with Crippen LogP contribution in [0.5, 0.6) is 5.75 Å². The fourth-order valence-electron chi connectivity index (χ4n) is 3.11. The van der Waals surface area contributed by atoms with Gasteiger partial charge in [-0.25, -0.2) is 0 Å². The first-order chi connectivity index (χ1) is 11.5. The number of nitrogen functional groups attached to an aromatic ring is 1. The number of carboxylic acids is 1. The van der Waals surface area contributed by atoms with Crippen molar-refractivity contribution in [3.05, 3.63) is 59.3 Å². The first-order valence-corrected chi connectivity index (χ1v) is 7.71. The first-order valence-electron chi connectivity index (χ1n) is 7.71. The Labute approximate surface area is 140 Å². The third kappa shape index (κ3) is 2.93. The number of hydrogen-bond acceptors (Lipinski definition) is 3. The lowest BCUT2D eigenvalue weighted by Gasteiger charge is -2.10. The molecule has 3 rings (SSSR count). The third-order valence-electron chi connectivity index (χ3n) is 4.28. The minimum absolute atomic E-state index is 0.0145. The van der Waals surface area contributed by atoms with Crippen LogP contribution in [0.15, 0.2) is 42.5 Å². The third-order valence-corrected chi connectivity index (χ3v) is 4.28. The molecule has 24 heavy (non-hydrogen) atoms. The van der Waals surface area contributed by atoms with Gasteiger partial charge >= 0.3 is 5.97 Å². The van der Waals surface area contributed by atoms with Crippen LogP contribution in [0.25, 0.3) is 10.9 Å². The molecular weight excluding hydrogens is 304 g/mol. The fourth-order valence-corrected chi connectivity index (χ4v) is 3.11. The average Bonchev–Trinajstić information content (AvgIpc) is 2.79. The highest BCUT2D eigenvalue weighted by Crippen LogP contribution is 2.30. The minimum atomic E-state index is -0.844. The number of nitrogens with two attached hydrogens (primary N) is 1. The van der Waals surface area contributed by atoms with E-state index >= 15 is 0 Å². The topological polar surface area (TPSA) is 77.5 Å². The second-order valence-electron chi connectivity index (χ2n) is 5.85. The molecule has 0 spiro atoms. The van der Waals surface area contributed by atoms with Crippen molar-refractivity contribution in [1.82, 2.24) is 4.57 Å². The Hall–Kier alpha value is -2.95. The van der Waals surface area contributed by atoms with Gasteiger partial charge in [-0.15, -0.1) is 0 Å². The number of anilines is 1. The van der Waals surface area contributed by atoms with Crippen molar-refractivity contribution < 1.29 is 14.6 Å². The largest absolute Gasteiger partial charge is 0.497 e. The van der Waals surface area contributed by atoms with Crippen LogP contribution in [0, 0.1) is 6.92 Å². The Morgan fingerprint density at radius 2 is 2.04 bits per heavy atom. The molecule has 0 aliphatic heterocycles. The summed E-state index contributed by atoms with van der Waals surface area (Å²) in [6, 6.07) is 13.5. The monoisotopic (exact) mass is 324 g/mol. The molecule has 0 radical (unpaired) electrons. The van der Waals surface area contributed by atoms with Crippen LogP contribution in [0.3, 0.4) is 0 Å². The number of aliphatic carboxylic acids is 1. The van der Waals surface area contributed by atoms with E-state index in [1.165, 1.54) is 0 Å². The maximum absolute atomic E-state index is 11.3. The van der Waals surface area contributed by atoms with Gasteiger partial charge in [0.2, 0.25) is 0 Å². The number of hydrogen-bond donors (Lipinski definition) is 2. The summed E-state index contributed by atoms with van der Waals surface area (Å²) in [6.07, 6.45) is -0.0145. The number of carbonyl (C=O) groups is 1. The van der Waals surface area contributed by atoms with Crippen LogP contribution in [0.4, 0.5) is 5.69 Å². The predicted octanol–water partition coefficient (Wildman–Crippen LogP) is 3.22. The Balaban J connectivity index is 2.16. The quantitative estimate of drug-likeness (QED) is 0.706. The molecule has 0 saturated carbocycles. The molecule has 0 bridgehead atoms. The van der Waals surface area contributed by atoms with Crippen LogP contribution < -0.4 is 10.5 Å². The van der Waals surface area contributed by atoms with E-state index in [0.717, 1.165) is 33.5 Å². The molecule has 1 aromatic heterocycles. The molecule has 124 valence electrons. The van der Waals surface area contributed by atoms with Gasteiger partial charge in [0.1, 0.15) is 5.75 Å². The molecule has 0 aliphatic carbocycles. The number of methoxy groups -OCH3 is 1. The van der Waals surface area contributed by atoms with Crippen LogP contribution >= 0.6 is 0 Å². The highest BCUT2D eigenvalue weighted by Gasteiger charge is 2.17. The van der Waals surface area contributed by atoms with Crippen molar-refractivity contribution in [2.75, 3.05) is 12.8 Å². The minimum Gasteiger partial charge on any atom is -0.497 e. The lowest BCUT2D eigenvalue weighted by molar-refractivity contribution is -0.136. The number of fused-ring (bicyclic) bond motifs is 1. The highest BCUT2D eigenvalue weighted by molar-refractivity contribution is 5.90. The predicted molar refractivity (Wildman–Crippen MR) is 94.5 cm³/mol. The molecule has 5 heteroatoms. The van der Waals surface area contributed by atoms with E-state index in [1.54, 1.807) is 7.11 Å². The van der Waals surface area contributed by atoms with Crippen LogP contribution in [-0.4, -0.2) is 22.8 Å². The Kier molecular flexibility index (Phi) is 4.16. The van der Waals surface area contributed by atoms with E-state index in [1.807, 2.05) is 49.4 Å². The molecule has 0 fully saturated rings. The van der Waals surface area contributed by atoms with Gasteiger partial charge in [-0.1, -0.05) is 12.1 Å². The molecule has 3 N–H and O–H groups in total. The average molecular weight is 324 g/mol. The first kappa shape index (κ1) is 15.9. The zero-order chi connectivity index (χ0) is 17.3. The molecule has 0 atom stereocenters. The van der Waals surface area contributed by atoms with E-state index in [0.29, 0.717) is 12.2 Å². The van der Waals surface area contributed by atoms with E-state index in [-0.39, 0.29) is 6.42 Å². The van der Waals surface area contributed by atoms with E-state index < -0.39 is 5.97 Å². The van der Waals surface area contributed by atoms with E-state index in [2.05, 4.69) is 4.57 Å². The molecule has 5 nitrogen and oxygen atoms in total. The number of rotatable bonds is 5. The zero-order valence-electron chi connectivity index (χ0n) is 13.7. The van der Waals surface area contributed by atoms with Gasteiger partial charge in [0.05, 0.1) is 13.5 Å². The number of carboxylic acid groups (broad SMARTS) is 1. The number of benzene rings is 2. The standard InChI is InChI=1S/C19H20N2O3/c1-12-16(10-19(22)23)17-9-15(24-2)6-7-18(17)21(12)11-13-4-3-5-14(20)8-13/h3-9H,10-11,20H2,1-2H3,(H,22,23). The molecule has 2 aromatic carbocycles. The summed E-state index contributed by atoms with van der Waals surface area (Å²) in [5.74, 6) is -0.126. The number of nitrogens with zero attached hydrogens (tertiary/aromatic N) is 1. The summed E-state index contributed by atoms with van der Waals surface area (Å²) in [6.45, 7) is 2.59. The molecule has 0 aliphatic rings. The van der Waals surface area contributed by atoms with Gasteiger partial charge in [-0.3, -0.25) is 4.79 Å². The van der Waals surface area contributed by atoms with Crippen molar-refractivity contribution in [2.45, 2.75) is 19.9 Å². The maximum Gasteiger partial charge on any atom is 0.307 e. The molecule has 3 aromatic rings. The lowest BCUT2D eigenvalue weighted by atomic mass is 10.1. The van der Waals surface area contributed by atoms with Crippen LogP contribution in [-0.2, 0) is 17.8 Å². The lowest BCUT2D eigenvalue weighted by Crippen LogP contribution is -2.05. The van der Waals surface area contributed by atoms with Gasteiger partial charge in [0, 0.05) is 28.8 Å². The van der Waals surface area contributed by atoms with Crippen molar-refractivity contribution >= 4 is 22.6 Å².